The van der Waals surface area contributed by atoms with Crippen molar-refractivity contribution in [2.45, 2.75) is 52.4 Å². The first-order valence-corrected chi connectivity index (χ1v) is 6.83. The molecule has 1 amide bonds. The van der Waals surface area contributed by atoms with E-state index in [1.54, 1.807) is 4.90 Å². The van der Waals surface area contributed by atoms with E-state index in [2.05, 4.69) is 0 Å². The average molecular weight is 237 g/mol. The summed E-state index contributed by atoms with van der Waals surface area (Å²) in [7, 11) is 0. The highest BCUT2D eigenvalue weighted by Crippen LogP contribution is 2.30. The molecule has 17 heavy (non-hydrogen) atoms. The van der Waals surface area contributed by atoms with Crippen LogP contribution in [-0.2, 0) is 9.59 Å². The van der Waals surface area contributed by atoms with Gasteiger partial charge in [0, 0.05) is 17.9 Å². The van der Waals surface area contributed by atoms with E-state index in [-0.39, 0.29) is 23.0 Å². The smallest absolute Gasteiger partial charge is 0.226 e. The minimum atomic E-state index is -0.233. The number of ketones is 1. The van der Waals surface area contributed by atoms with Gasteiger partial charge in [-0.25, -0.2) is 0 Å². The molecule has 0 spiro atoms. The van der Waals surface area contributed by atoms with Crippen LogP contribution in [0.25, 0.3) is 0 Å². The van der Waals surface area contributed by atoms with Gasteiger partial charge in [0.15, 0.2) is 5.78 Å². The van der Waals surface area contributed by atoms with Crippen LogP contribution in [0.1, 0.15) is 52.4 Å². The molecule has 1 saturated heterocycles. The number of amides is 1. The minimum absolute atomic E-state index is 0.192. The van der Waals surface area contributed by atoms with Crippen molar-refractivity contribution in [3.05, 3.63) is 0 Å². The lowest BCUT2D eigenvalue weighted by Crippen LogP contribution is -2.49. The van der Waals surface area contributed by atoms with E-state index in [0.717, 1.165) is 25.8 Å². The molecule has 3 heteroatoms. The molecule has 96 valence electrons. The largest absolute Gasteiger partial charge is 0.335 e. The molecule has 1 heterocycles. The van der Waals surface area contributed by atoms with Crippen molar-refractivity contribution in [3.63, 3.8) is 0 Å². The van der Waals surface area contributed by atoms with Gasteiger partial charge < -0.3 is 4.90 Å². The highest BCUT2D eigenvalue weighted by atomic mass is 16.2. The molecular weight excluding hydrogens is 214 g/mol. The molecule has 1 saturated carbocycles. The molecule has 0 aromatic rings. The zero-order chi connectivity index (χ0) is 12.5. The Bertz CT molecular complexity index is 316. The highest BCUT2D eigenvalue weighted by molar-refractivity contribution is 5.91. The molecule has 3 nitrogen and oxygen atoms in total. The maximum atomic E-state index is 12.3. The molecule has 1 aliphatic heterocycles. The molecule has 0 radical (unpaired) electrons. The summed E-state index contributed by atoms with van der Waals surface area (Å²) in [6, 6.07) is 0. The summed E-state index contributed by atoms with van der Waals surface area (Å²) < 4.78 is 0. The Labute approximate surface area is 104 Å². The molecule has 0 unspecified atom stereocenters. The summed E-state index contributed by atoms with van der Waals surface area (Å²) in [5.41, 5.74) is -0.233. The van der Waals surface area contributed by atoms with Crippen LogP contribution in [-0.4, -0.2) is 29.7 Å². The second kappa shape index (κ2) is 4.79. The number of hydrogen-bond donors (Lipinski definition) is 0. The fraction of sp³-hybridized carbons (Fsp3) is 0.857. The van der Waals surface area contributed by atoms with Crippen molar-refractivity contribution in [1.82, 2.24) is 4.90 Å². The molecule has 0 atom stereocenters. The number of hydrogen-bond acceptors (Lipinski definition) is 2. The van der Waals surface area contributed by atoms with Gasteiger partial charge in [-0.1, -0.05) is 33.1 Å². The fourth-order valence-corrected chi connectivity index (χ4v) is 2.82. The third-order valence-corrected chi connectivity index (χ3v) is 4.36. The zero-order valence-electron chi connectivity index (χ0n) is 11.0. The first kappa shape index (κ1) is 12.6. The second-order valence-corrected chi connectivity index (χ2v) is 6.15. The van der Waals surface area contributed by atoms with E-state index in [4.69, 9.17) is 0 Å². The molecule has 2 aliphatic rings. The third kappa shape index (κ3) is 2.70. The van der Waals surface area contributed by atoms with Crippen molar-refractivity contribution in [2.75, 3.05) is 13.1 Å². The molecule has 0 aromatic carbocycles. The number of Topliss-reactive ketones (excluding diaryl/α,β-unsaturated/α-hetero) is 1. The van der Waals surface area contributed by atoms with E-state index >= 15 is 0 Å². The quantitative estimate of drug-likeness (QED) is 0.702. The van der Waals surface area contributed by atoms with Crippen LogP contribution in [0.2, 0.25) is 0 Å². The van der Waals surface area contributed by atoms with Crippen LogP contribution in [0, 0.1) is 11.3 Å². The molecule has 0 N–H and O–H groups in total. The van der Waals surface area contributed by atoms with E-state index in [0.29, 0.717) is 6.54 Å². The van der Waals surface area contributed by atoms with E-state index < -0.39 is 0 Å². The van der Waals surface area contributed by atoms with E-state index in [9.17, 15) is 9.59 Å². The predicted octanol–water partition coefficient (Wildman–Crippen LogP) is 2.39. The third-order valence-electron chi connectivity index (χ3n) is 4.36. The maximum Gasteiger partial charge on any atom is 0.226 e. The summed E-state index contributed by atoms with van der Waals surface area (Å²) >= 11 is 0. The molecule has 0 aromatic heterocycles. The average Bonchev–Trinajstić information content (AvgIpc) is 2.33. The van der Waals surface area contributed by atoms with Gasteiger partial charge in [-0.15, -0.1) is 0 Å². The maximum absolute atomic E-state index is 12.3. The van der Waals surface area contributed by atoms with Crippen molar-refractivity contribution in [1.29, 1.82) is 0 Å². The van der Waals surface area contributed by atoms with Crippen LogP contribution in [0.3, 0.4) is 0 Å². The van der Waals surface area contributed by atoms with E-state index in [1.165, 1.54) is 19.3 Å². The molecular formula is C14H23NO2. The summed E-state index contributed by atoms with van der Waals surface area (Å²) in [4.78, 5) is 26.0. The molecule has 0 bridgehead atoms. The van der Waals surface area contributed by atoms with Crippen molar-refractivity contribution in [2.24, 2.45) is 11.3 Å². The number of piperidine rings is 1. The first-order chi connectivity index (χ1) is 8.00. The van der Waals surface area contributed by atoms with Crippen molar-refractivity contribution >= 4 is 11.7 Å². The standard InChI is InChI=1S/C14H23NO2/c1-14(2)8-9-15(10-12(14)16)13(17)11-6-4-3-5-7-11/h11H,3-10H2,1-2H3. The van der Waals surface area contributed by atoms with Crippen LogP contribution >= 0.6 is 0 Å². The molecule has 2 rings (SSSR count). The highest BCUT2D eigenvalue weighted by Gasteiger charge is 2.37. The van der Waals surface area contributed by atoms with Gasteiger partial charge in [-0.2, -0.15) is 0 Å². The number of likely N-dealkylation sites (tertiary alicyclic amines) is 1. The van der Waals surface area contributed by atoms with Crippen LogP contribution in [0.4, 0.5) is 0 Å². The van der Waals surface area contributed by atoms with Crippen LogP contribution < -0.4 is 0 Å². The topological polar surface area (TPSA) is 37.4 Å². The Hall–Kier alpha value is -0.860. The Morgan fingerprint density at radius 3 is 2.47 bits per heavy atom. The number of carbonyl (C=O) groups excluding carboxylic acids is 2. The Morgan fingerprint density at radius 1 is 1.24 bits per heavy atom. The fourth-order valence-electron chi connectivity index (χ4n) is 2.82. The van der Waals surface area contributed by atoms with Gasteiger partial charge in [0.25, 0.3) is 0 Å². The SMILES string of the molecule is CC1(C)CCN(C(=O)C2CCCCC2)CC1=O. The Morgan fingerprint density at radius 2 is 1.88 bits per heavy atom. The van der Waals surface area contributed by atoms with Crippen molar-refractivity contribution in [3.8, 4) is 0 Å². The van der Waals surface area contributed by atoms with Gasteiger partial charge in [0.2, 0.25) is 5.91 Å². The normalized spacial score (nSPS) is 26.0. The lowest BCUT2D eigenvalue weighted by atomic mass is 9.80. The van der Waals surface area contributed by atoms with E-state index in [1.807, 2.05) is 13.8 Å². The number of nitrogens with zero attached hydrogens (tertiary/aromatic N) is 1. The predicted molar refractivity (Wildman–Crippen MR) is 66.6 cm³/mol. The lowest BCUT2D eigenvalue weighted by molar-refractivity contribution is -0.146. The second-order valence-electron chi connectivity index (χ2n) is 6.15. The summed E-state index contributed by atoms with van der Waals surface area (Å²) in [6.45, 7) is 5.06. The lowest BCUT2D eigenvalue weighted by Gasteiger charge is -2.37. The van der Waals surface area contributed by atoms with Crippen molar-refractivity contribution < 1.29 is 9.59 Å². The first-order valence-electron chi connectivity index (χ1n) is 6.83. The summed E-state index contributed by atoms with van der Waals surface area (Å²) in [5, 5.41) is 0. The van der Waals surface area contributed by atoms with Gasteiger partial charge >= 0.3 is 0 Å². The number of rotatable bonds is 1. The monoisotopic (exact) mass is 237 g/mol. The molecule has 1 aliphatic carbocycles. The summed E-state index contributed by atoms with van der Waals surface area (Å²) in [5.74, 6) is 0.638. The van der Waals surface area contributed by atoms with Gasteiger partial charge in [-0.05, 0) is 19.3 Å². The number of carbonyl (C=O) groups is 2. The van der Waals surface area contributed by atoms with Gasteiger partial charge in [-0.3, -0.25) is 9.59 Å². The van der Waals surface area contributed by atoms with Crippen LogP contribution in [0.15, 0.2) is 0 Å². The van der Waals surface area contributed by atoms with Gasteiger partial charge in [0.1, 0.15) is 0 Å². The zero-order valence-corrected chi connectivity index (χ0v) is 11.0. The Kier molecular flexibility index (Phi) is 3.55. The molecule has 2 fully saturated rings. The Balaban J connectivity index is 1.95. The van der Waals surface area contributed by atoms with Crippen LogP contribution in [0.5, 0.6) is 0 Å². The minimum Gasteiger partial charge on any atom is -0.335 e. The van der Waals surface area contributed by atoms with Gasteiger partial charge in [0.05, 0.1) is 6.54 Å². The summed E-state index contributed by atoms with van der Waals surface area (Å²) in [6.07, 6.45) is 6.45.